The summed E-state index contributed by atoms with van der Waals surface area (Å²) in [6, 6.07) is 16.3. The molecule has 0 radical (unpaired) electrons. The van der Waals surface area contributed by atoms with Gasteiger partial charge in [-0.15, -0.1) is 0 Å². The number of rotatable bonds is 7. The Morgan fingerprint density at radius 3 is 2.64 bits per heavy atom. The summed E-state index contributed by atoms with van der Waals surface area (Å²) in [5.74, 6) is 1.59. The summed E-state index contributed by atoms with van der Waals surface area (Å²) in [6.07, 6.45) is 5.01. The first-order valence-electron chi connectivity index (χ1n) is 11.1. The summed E-state index contributed by atoms with van der Waals surface area (Å²) in [5.41, 5.74) is 4.42. The average molecular weight is 482 g/mol. The fraction of sp³-hybridized carbons (Fsp3) is 0.111. The van der Waals surface area contributed by atoms with Crippen molar-refractivity contribution in [1.29, 1.82) is 0 Å². The summed E-state index contributed by atoms with van der Waals surface area (Å²) in [7, 11) is 3.18. The van der Waals surface area contributed by atoms with Crippen LogP contribution in [0.15, 0.2) is 77.6 Å². The maximum Gasteiger partial charge on any atom is 0.291 e. The van der Waals surface area contributed by atoms with Gasteiger partial charge in [0.25, 0.3) is 5.91 Å². The van der Waals surface area contributed by atoms with E-state index in [2.05, 4.69) is 25.6 Å². The van der Waals surface area contributed by atoms with Crippen molar-refractivity contribution in [3.8, 4) is 22.8 Å². The fourth-order valence-corrected chi connectivity index (χ4v) is 3.66. The monoisotopic (exact) mass is 481 g/mol. The SMILES string of the molecule is COc1cncc(-c2ccnc(Nc3cc(NC(=O)c4cc5cc(OC)ccc5o4)ccc3C)n2)c1. The van der Waals surface area contributed by atoms with Crippen molar-refractivity contribution in [1.82, 2.24) is 15.0 Å². The van der Waals surface area contributed by atoms with Crippen molar-refractivity contribution in [3.05, 3.63) is 84.5 Å². The number of anilines is 3. The number of amides is 1. The minimum Gasteiger partial charge on any atom is -0.497 e. The highest BCUT2D eigenvalue weighted by Gasteiger charge is 2.14. The Labute approximate surface area is 207 Å². The van der Waals surface area contributed by atoms with Gasteiger partial charge in [0, 0.05) is 34.7 Å². The Bertz CT molecular complexity index is 1560. The van der Waals surface area contributed by atoms with Crippen molar-refractivity contribution in [3.63, 3.8) is 0 Å². The third-order valence-electron chi connectivity index (χ3n) is 5.59. The number of furan rings is 1. The van der Waals surface area contributed by atoms with Gasteiger partial charge in [-0.1, -0.05) is 6.07 Å². The van der Waals surface area contributed by atoms with E-state index < -0.39 is 0 Å². The Morgan fingerprint density at radius 1 is 0.944 bits per heavy atom. The first-order chi connectivity index (χ1) is 17.5. The second kappa shape index (κ2) is 9.75. The molecule has 0 unspecified atom stereocenters. The lowest BCUT2D eigenvalue weighted by molar-refractivity contribution is 0.0998. The summed E-state index contributed by atoms with van der Waals surface area (Å²) >= 11 is 0. The molecule has 2 aromatic carbocycles. The van der Waals surface area contributed by atoms with Gasteiger partial charge in [-0.2, -0.15) is 0 Å². The topological polar surface area (TPSA) is 111 Å². The molecule has 3 aromatic heterocycles. The molecule has 0 aliphatic rings. The molecule has 0 aliphatic carbocycles. The highest BCUT2D eigenvalue weighted by Crippen LogP contribution is 2.27. The summed E-state index contributed by atoms with van der Waals surface area (Å²) in [5, 5.41) is 6.91. The molecule has 180 valence electrons. The van der Waals surface area contributed by atoms with Crippen LogP contribution in [0.5, 0.6) is 11.5 Å². The number of hydrogen-bond donors (Lipinski definition) is 2. The van der Waals surface area contributed by atoms with Gasteiger partial charge in [0.1, 0.15) is 17.1 Å². The van der Waals surface area contributed by atoms with Crippen LogP contribution in [0.2, 0.25) is 0 Å². The molecule has 0 atom stereocenters. The zero-order valence-corrected chi connectivity index (χ0v) is 19.9. The van der Waals surface area contributed by atoms with E-state index in [1.807, 2.05) is 37.3 Å². The van der Waals surface area contributed by atoms with E-state index in [1.165, 1.54) is 0 Å². The third kappa shape index (κ3) is 4.80. The number of carbonyl (C=O) groups excluding carboxylic acids is 1. The van der Waals surface area contributed by atoms with E-state index in [9.17, 15) is 4.79 Å². The van der Waals surface area contributed by atoms with E-state index in [-0.39, 0.29) is 11.7 Å². The van der Waals surface area contributed by atoms with E-state index in [4.69, 9.17) is 13.9 Å². The molecule has 9 heteroatoms. The summed E-state index contributed by atoms with van der Waals surface area (Å²) in [4.78, 5) is 26.0. The molecular formula is C27H23N5O4. The lowest BCUT2D eigenvalue weighted by Gasteiger charge is -2.12. The molecule has 5 rings (SSSR count). The maximum atomic E-state index is 12.8. The molecule has 2 N–H and O–H groups in total. The quantitative estimate of drug-likeness (QED) is 0.309. The molecule has 3 heterocycles. The molecular weight excluding hydrogens is 458 g/mol. The number of aromatic nitrogens is 3. The Balaban J connectivity index is 1.35. The van der Waals surface area contributed by atoms with Crippen LogP contribution in [0.25, 0.3) is 22.2 Å². The van der Waals surface area contributed by atoms with Crippen LogP contribution in [-0.2, 0) is 0 Å². The number of nitrogens with one attached hydrogen (secondary N) is 2. The molecule has 0 bridgehead atoms. The number of nitrogens with zero attached hydrogens (tertiary/aromatic N) is 3. The molecule has 0 aliphatic heterocycles. The normalized spacial score (nSPS) is 10.8. The van der Waals surface area contributed by atoms with Crippen LogP contribution >= 0.6 is 0 Å². The molecule has 0 saturated carbocycles. The largest absolute Gasteiger partial charge is 0.497 e. The Kier molecular flexibility index (Phi) is 6.19. The van der Waals surface area contributed by atoms with Gasteiger partial charge in [0.2, 0.25) is 5.95 Å². The molecule has 5 aromatic rings. The number of ether oxygens (including phenoxy) is 2. The van der Waals surface area contributed by atoms with Gasteiger partial charge in [0.15, 0.2) is 5.76 Å². The lowest BCUT2D eigenvalue weighted by Crippen LogP contribution is -2.11. The smallest absolute Gasteiger partial charge is 0.291 e. The number of benzene rings is 2. The lowest BCUT2D eigenvalue weighted by atomic mass is 10.1. The Morgan fingerprint density at radius 2 is 1.81 bits per heavy atom. The predicted molar refractivity (Wildman–Crippen MR) is 137 cm³/mol. The minimum absolute atomic E-state index is 0.205. The molecule has 36 heavy (non-hydrogen) atoms. The molecule has 0 fully saturated rings. The van der Waals surface area contributed by atoms with E-state index in [1.54, 1.807) is 57.1 Å². The number of methoxy groups -OCH3 is 2. The van der Waals surface area contributed by atoms with Crippen molar-refractivity contribution < 1.29 is 18.7 Å². The zero-order chi connectivity index (χ0) is 25.1. The van der Waals surface area contributed by atoms with Crippen LogP contribution in [0, 0.1) is 6.92 Å². The molecule has 0 spiro atoms. The molecule has 9 nitrogen and oxygen atoms in total. The Hall–Kier alpha value is -4.92. The van der Waals surface area contributed by atoms with Crippen LogP contribution in [0.1, 0.15) is 16.1 Å². The van der Waals surface area contributed by atoms with Crippen molar-refractivity contribution in [2.75, 3.05) is 24.9 Å². The highest BCUT2D eigenvalue weighted by atomic mass is 16.5. The third-order valence-corrected chi connectivity index (χ3v) is 5.59. The van der Waals surface area contributed by atoms with Gasteiger partial charge in [0.05, 0.1) is 26.1 Å². The van der Waals surface area contributed by atoms with Gasteiger partial charge in [-0.25, -0.2) is 9.97 Å². The number of hydrogen-bond acceptors (Lipinski definition) is 8. The van der Waals surface area contributed by atoms with Crippen molar-refractivity contribution >= 4 is 34.2 Å². The standard InChI is InChI=1S/C27H23N5O4/c1-16-4-5-19(30-26(33)25-12-17-10-20(34-2)6-7-24(17)36-25)13-23(16)32-27-29-9-8-22(31-27)18-11-21(35-3)15-28-14-18/h4-15H,1-3H3,(H,30,33)(H,29,31,32). The van der Waals surface area contributed by atoms with E-state index in [0.717, 1.165) is 22.2 Å². The van der Waals surface area contributed by atoms with Gasteiger partial charge in [-0.05, 0) is 61.0 Å². The van der Waals surface area contributed by atoms with E-state index in [0.29, 0.717) is 34.4 Å². The van der Waals surface area contributed by atoms with Gasteiger partial charge in [-0.3, -0.25) is 9.78 Å². The number of carbonyl (C=O) groups is 1. The molecule has 0 saturated heterocycles. The first-order valence-corrected chi connectivity index (χ1v) is 11.1. The molecule has 1 amide bonds. The predicted octanol–water partition coefficient (Wildman–Crippen LogP) is 5.61. The van der Waals surface area contributed by atoms with Crippen LogP contribution in [0.3, 0.4) is 0 Å². The van der Waals surface area contributed by atoms with Crippen LogP contribution in [0.4, 0.5) is 17.3 Å². The highest BCUT2D eigenvalue weighted by molar-refractivity contribution is 6.05. The zero-order valence-electron chi connectivity index (χ0n) is 19.9. The van der Waals surface area contributed by atoms with Crippen LogP contribution in [-0.4, -0.2) is 35.1 Å². The van der Waals surface area contributed by atoms with Crippen molar-refractivity contribution in [2.45, 2.75) is 6.92 Å². The first kappa shape index (κ1) is 22.9. The second-order valence-corrected chi connectivity index (χ2v) is 8.00. The number of pyridine rings is 1. The van der Waals surface area contributed by atoms with Gasteiger partial charge >= 0.3 is 0 Å². The minimum atomic E-state index is -0.358. The van der Waals surface area contributed by atoms with Crippen LogP contribution < -0.4 is 20.1 Å². The second-order valence-electron chi connectivity index (χ2n) is 8.00. The number of fused-ring (bicyclic) bond motifs is 1. The fourth-order valence-electron chi connectivity index (χ4n) is 3.66. The maximum absolute atomic E-state index is 12.8. The number of aryl methyl sites for hydroxylation is 1. The van der Waals surface area contributed by atoms with Crippen molar-refractivity contribution in [2.24, 2.45) is 0 Å². The summed E-state index contributed by atoms with van der Waals surface area (Å²) < 4.78 is 16.2. The van der Waals surface area contributed by atoms with E-state index >= 15 is 0 Å². The van der Waals surface area contributed by atoms with Gasteiger partial charge < -0.3 is 24.5 Å². The average Bonchev–Trinajstić information content (AvgIpc) is 3.34. The summed E-state index contributed by atoms with van der Waals surface area (Å²) in [6.45, 7) is 1.95.